The minimum atomic E-state index is -0.802. The Kier molecular flexibility index (Phi) is 6.69. The largest absolute Gasteiger partial charge is 0.488 e. The monoisotopic (exact) mass is 453 g/mol. The molecule has 1 aliphatic heterocycles. The molecule has 32 heavy (non-hydrogen) atoms. The van der Waals surface area contributed by atoms with Gasteiger partial charge in [-0.15, -0.1) is 0 Å². The van der Waals surface area contributed by atoms with Crippen molar-refractivity contribution in [2.24, 2.45) is 4.99 Å². The Morgan fingerprint density at radius 3 is 2.75 bits per heavy atom. The number of aromatic amines is 1. The summed E-state index contributed by atoms with van der Waals surface area (Å²) in [6, 6.07) is 9.68. The van der Waals surface area contributed by atoms with Crippen molar-refractivity contribution in [2.75, 3.05) is 6.54 Å². The van der Waals surface area contributed by atoms with Gasteiger partial charge in [0.05, 0.1) is 36.5 Å². The third kappa shape index (κ3) is 5.07. The quantitative estimate of drug-likeness (QED) is 0.440. The first-order valence-corrected chi connectivity index (χ1v) is 11.7. The Morgan fingerprint density at radius 1 is 1.25 bits per heavy atom. The maximum Gasteiger partial charge on any atom is 0.304 e. The van der Waals surface area contributed by atoms with Crippen LogP contribution < -0.4 is 9.47 Å². The maximum absolute atomic E-state index is 11.0. The van der Waals surface area contributed by atoms with Crippen LogP contribution in [0, 0.1) is 6.92 Å². The van der Waals surface area contributed by atoms with Gasteiger partial charge in [0.25, 0.3) is 0 Å². The van der Waals surface area contributed by atoms with Crippen LogP contribution in [0.15, 0.2) is 41.5 Å². The number of aliphatic carboxylic acids is 1. The molecule has 0 fully saturated rings. The summed E-state index contributed by atoms with van der Waals surface area (Å²) >= 11 is 1.50. The lowest BCUT2D eigenvalue weighted by molar-refractivity contribution is -0.136. The number of H-pyrrole nitrogens is 1. The predicted octanol–water partition coefficient (Wildman–Crippen LogP) is 5.57. The number of nitrogens with zero attached hydrogens (tertiary/aromatic N) is 2. The van der Waals surface area contributed by atoms with Gasteiger partial charge in [-0.05, 0) is 44.0 Å². The highest BCUT2D eigenvalue weighted by Gasteiger charge is 2.25. The standard InChI is InChI=1S/C24H27N3O4S/c1-4-16(5-2)31-21-10-18(30-17-7-6-14(3)25-12-17)8-15-9-20(27-23(15)21)24-26-13-19(32-24)11-22(28)29/h6-10,12,16,19,27H,4-5,11,13H2,1-3H3,(H,28,29). The van der Waals surface area contributed by atoms with E-state index in [0.717, 1.165) is 45.9 Å². The number of aliphatic imine (C=N–C) groups is 1. The van der Waals surface area contributed by atoms with E-state index in [1.807, 2.05) is 37.3 Å². The highest BCUT2D eigenvalue weighted by atomic mass is 32.2. The van der Waals surface area contributed by atoms with Crippen LogP contribution in [-0.4, -0.2) is 44.0 Å². The lowest BCUT2D eigenvalue weighted by Crippen LogP contribution is -2.13. The predicted molar refractivity (Wildman–Crippen MR) is 127 cm³/mol. The summed E-state index contributed by atoms with van der Waals surface area (Å²) < 4.78 is 12.4. The van der Waals surface area contributed by atoms with Gasteiger partial charge < -0.3 is 19.6 Å². The van der Waals surface area contributed by atoms with Crippen LogP contribution in [0.2, 0.25) is 0 Å². The average Bonchev–Trinajstić information content (AvgIpc) is 3.40. The number of ether oxygens (including phenoxy) is 2. The van der Waals surface area contributed by atoms with Crippen molar-refractivity contribution >= 4 is 33.7 Å². The molecule has 8 heteroatoms. The molecule has 3 aromatic rings. The summed E-state index contributed by atoms with van der Waals surface area (Å²) in [6.45, 7) is 6.66. The number of pyridine rings is 1. The molecule has 0 bridgehead atoms. The zero-order chi connectivity index (χ0) is 22.7. The second kappa shape index (κ2) is 9.65. The fourth-order valence-electron chi connectivity index (χ4n) is 3.60. The number of fused-ring (bicyclic) bond motifs is 1. The molecule has 0 spiro atoms. The number of aromatic nitrogens is 2. The molecule has 1 aromatic carbocycles. The molecule has 1 aliphatic rings. The van der Waals surface area contributed by atoms with Gasteiger partial charge in [-0.2, -0.15) is 0 Å². The molecule has 0 saturated carbocycles. The van der Waals surface area contributed by atoms with E-state index in [2.05, 4.69) is 28.8 Å². The fourth-order valence-corrected chi connectivity index (χ4v) is 4.68. The van der Waals surface area contributed by atoms with Crippen LogP contribution in [-0.2, 0) is 4.79 Å². The van der Waals surface area contributed by atoms with Crippen molar-refractivity contribution < 1.29 is 19.4 Å². The van der Waals surface area contributed by atoms with Gasteiger partial charge in [0.2, 0.25) is 0 Å². The number of aryl methyl sites for hydroxylation is 1. The lowest BCUT2D eigenvalue weighted by Gasteiger charge is -2.17. The first-order chi connectivity index (χ1) is 15.4. The second-order valence-electron chi connectivity index (χ2n) is 7.85. The van der Waals surface area contributed by atoms with E-state index in [1.54, 1.807) is 6.20 Å². The van der Waals surface area contributed by atoms with Crippen molar-refractivity contribution in [3.05, 3.63) is 47.9 Å². The van der Waals surface area contributed by atoms with E-state index in [9.17, 15) is 4.79 Å². The van der Waals surface area contributed by atoms with E-state index in [-0.39, 0.29) is 17.8 Å². The molecule has 0 saturated heterocycles. The number of carboxylic acids is 1. The number of rotatable bonds is 9. The molecule has 1 atom stereocenters. The van der Waals surface area contributed by atoms with Gasteiger partial charge in [-0.1, -0.05) is 25.6 Å². The summed E-state index contributed by atoms with van der Waals surface area (Å²) in [5, 5.41) is 10.8. The molecule has 0 radical (unpaired) electrons. The summed E-state index contributed by atoms with van der Waals surface area (Å²) in [5.74, 6) is 1.25. The molecule has 168 valence electrons. The topological polar surface area (TPSA) is 96.8 Å². The van der Waals surface area contributed by atoms with E-state index in [1.165, 1.54) is 11.8 Å². The number of benzene rings is 1. The smallest absolute Gasteiger partial charge is 0.304 e. The Morgan fingerprint density at radius 2 is 2.06 bits per heavy atom. The van der Waals surface area contributed by atoms with Crippen molar-refractivity contribution in [3.63, 3.8) is 0 Å². The molecule has 1 unspecified atom stereocenters. The molecular formula is C24H27N3O4S. The lowest BCUT2D eigenvalue weighted by atomic mass is 10.2. The van der Waals surface area contributed by atoms with E-state index < -0.39 is 5.97 Å². The molecular weight excluding hydrogens is 426 g/mol. The number of nitrogens with one attached hydrogen (secondary N) is 1. The van der Waals surface area contributed by atoms with Crippen molar-refractivity contribution in [1.82, 2.24) is 9.97 Å². The van der Waals surface area contributed by atoms with Gasteiger partial charge in [0, 0.05) is 22.4 Å². The SMILES string of the molecule is CCC(CC)Oc1cc(Oc2ccc(C)nc2)cc2cc(C3=NCC(CC(=O)O)S3)[nH]c12. The van der Waals surface area contributed by atoms with Crippen LogP contribution in [0.25, 0.3) is 10.9 Å². The second-order valence-corrected chi connectivity index (χ2v) is 9.13. The third-order valence-corrected chi connectivity index (χ3v) is 6.56. The van der Waals surface area contributed by atoms with Crippen LogP contribution in [0.1, 0.15) is 44.5 Å². The fraction of sp³-hybridized carbons (Fsp3) is 0.375. The number of carbonyl (C=O) groups is 1. The highest BCUT2D eigenvalue weighted by molar-refractivity contribution is 8.15. The van der Waals surface area contributed by atoms with E-state index >= 15 is 0 Å². The zero-order valence-electron chi connectivity index (χ0n) is 18.4. The highest BCUT2D eigenvalue weighted by Crippen LogP contribution is 2.37. The maximum atomic E-state index is 11.0. The molecule has 2 N–H and O–H groups in total. The van der Waals surface area contributed by atoms with Gasteiger partial charge in [0.15, 0.2) is 0 Å². The van der Waals surface area contributed by atoms with Crippen LogP contribution in [0.4, 0.5) is 0 Å². The van der Waals surface area contributed by atoms with E-state index in [4.69, 9.17) is 14.6 Å². The summed E-state index contributed by atoms with van der Waals surface area (Å²) in [6.07, 6.45) is 3.70. The minimum absolute atomic E-state index is 0.0397. The third-order valence-electron chi connectivity index (χ3n) is 5.34. The van der Waals surface area contributed by atoms with Crippen molar-refractivity contribution in [3.8, 4) is 17.2 Å². The van der Waals surface area contributed by atoms with E-state index in [0.29, 0.717) is 18.0 Å². The summed E-state index contributed by atoms with van der Waals surface area (Å²) in [4.78, 5) is 23.3. The average molecular weight is 454 g/mol. The number of hydrogen-bond acceptors (Lipinski definition) is 6. The Balaban J connectivity index is 1.67. The number of carboxylic acid groups (broad SMARTS) is 1. The summed E-state index contributed by atoms with van der Waals surface area (Å²) in [5.41, 5.74) is 2.67. The molecule has 0 amide bonds. The van der Waals surface area contributed by atoms with Gasteiger partial charge >= 0.3 is 5.97 Å². The first kappa shape index (κ1) is 22.2. The van der Waals surface area contributed by atoms with Crippen LogP contribution in [0.5, 0.6) is 17.2 Å². The molecule has 7 nitrogen and oxygen atoms in total. The first-order valence-electron chi connectivity index (χ1n) is 10.8. The number of hydrogen-bond donors (Lipinski definition) is 2. The Labute approximate surface area is 191 Å². The van der Waals surface area contributed by atoms with Crippen LogP contribution >= 0.6 is 11.8 Å². The van der Waals surface area contributed by atoms with Gasteiger partial charge in [-0.25, -0.2) is 0 Å². The normalized spacial score (nSPS) is 15.9. The Hall–Kier alpha value is -3.00. The van der Waals surface area contributed by atoms with Gasteiger partial charge in [0.1, 0.15) is 22.3 Å². The molecule has 0 aliphatic carbocycles. The van der Waals surface area contributed by atoms with Crippen molar-refractivity contribution in [2.45, 2.75) is 51.4 Å². The molecule has 4 rings (SSSR count). The zero-order valence-corrected chi connectivity index (χ0v) is 19.2. The molecule has 3 heterocycles. The van der Waals surface area contributed by atoms with Crippen molar-refractivity contribution in [1.29, 1.82) is 0 Å². The van der Waals surface area contributed by atoms with Gasteiger partial charge in [-0.3, -0.25) is 14.8 Å². The molecule has 2 aromatic heterocycles. The van der Waals surface area contributed by atoms with Crippen LogP contribution in [0.3, 0.4) is 0 Å². The Bertz CT molecular complexity index is 1140. The summed E-state index contributed by atoms with van der Waals surface area (Å²) in [7, 11) is 0. The minimum Gasteiger partial charge on any atom is -0.488 e. The number of thioether (sulfide) groups is 1.